The molecule has 0 fully saturated rings. The molecule has 0 N–H and O–H groups in total. The average molecular weight is 190 g/mol. The fraction of sp³-hybridized carbons (Fsp3) is 0.417. The van der Waals surface area contributed by atoms with Gasteiger partial charge in [-0.25, -0.2) is 0 Å². The summed E-state index contributed by atoms with van der Waals surface area (Å²) in [7, 11) is 1.95. The largest absolute Gasteiger partial charge is 0.275 e. The van der Waals surface area contributed by atoms with Crippen molar-refractivity contribution in [3.63, 3.8) is 0 Å². The van der Waals surface area contributed by atoms with Gasteiger partial charge in [0.15, 0.2) is 0 Å². The fourth-order valence-electron chi connectivity index (χ4n) is 1.46. The number of aromatic nitrogens is 2. The molecule has 1 heterocycles. The van der Waals surface area contributed by atoms with Crippen LogP contribution in [0.25, 0.3) is 10.9 Å². The van der Waals surface area contributed by atoms with Crippen LogP contribution in [0.15, 0.2) is 18.3 Å². The molecule has 0 saturated heterocycles. The number of fused-ring (bicyclic) bond motifs is 1. The standard InChI is InChI=1S/C10H12N2.C2H6/c1-7-4-5-10-9(8(7)2)6-12(3)11-10;1-2/h4-6H,1-3H3;1-2H3. The lowest BCUT2D eigenvalue weighted by molar-refractivity contribution is 0.779. The van der Waals surface area contributed by atoms with Crippen LogP contribution in [-0.2, 0) is 7.05 Å². The summed E-state index contributed by atoms with van der Waals surface area (Å²) >= 11 is 0. The average Bonchev–Trinajstić information content (AvgIpc) is 2.57. The van der Waals surface area contributed by atoms with E-state index in [1.807, 2.05) is 25.6 Å². The van der Waals surface area contributed by atoms with Crippen LogP contribution in [0.5, 0.6) is 0 Å². The number of hydrogen-bond acceptors (Lipinski definition) is 1. The van der Waals surface area contributed by atoms with Gasteiger partial charge >= 0.3 is 0 Å². The summed E-state index contributed by atoms with van der Waals surface area (Å²) in [6.07, 6.45) is 2.07. The number of benzene rings is 1. The van der Waals surface area contributed by atoms with Crippen molar-refractivity contribution in [2.75, 3.05) is 0 Å². The van der Waals surface area contributed by atoms with Gasteiger partial charge in [0.05, 0.1) is 5.52 Å². The van der Waals surface area contributed by atoms with Crippen molar-refractivity contribution in [2.45, 2.75) is 27.7 Å². The molecule has 0 aliphatic rings. The van der Waals surface area contributed by atoms with Crippen LogP contribution in [0.4, 0.5) is 0 Å². The SMILES string of the molecule is CC.Cc1ccc2nn(C)cc2c1C. The van der Waals surface area contributed by atoms with Gasteiger partial charge in [-0.3, -0.25) is 4.68 Å². The zero-order valence-electron chi connectivity index (χ0n) is 9.63. The van der Waals surface area contributed by atoms with Crippen LogP contribution in [0.2, 0.25) is 0 Å². The topological polar surface area (TPSA) is 17.8 Å². The van der Waals surface area contributed by atoms with E-state index >= 15 is 0 Å². The Labute approximate surface area is 85.6 Å². The first-order chi connectivity index (χ1) is 6.68. The molecule has 0 aliphatic carbocycles. The van der Waals surface area contributed by atoms with Crippen molar-refractivity contribution in [2.24, 2.45) is 7.05 Å². The van der Waals surface area contributed by atoms with Gasteiger partial charge in [0.2, 0.25) is 0 Å². The van der Waals surface area contributed by atoms with Gasteiger partial charge in [-0.05, 0) is 31.0 Å². The van der Waals surface area contributed by atoms with Gasteiger partial charge in [-0.15, -0.1) is 0 Å². The molecule has 0 bridgehead atoms. The molecule has 2 nitrogen and oxygen atoms in total. The monoisotopic (exact) mass is 190 g/mol. The van der Waals surface area contributed by atoms with Crippen molar-refractivity contribution in [1.29, 1.82) is 0 Å². The first kappa shape index (κ1) is 10.8. The minimum atomic E-state index is 1.08. The Hall–Kier alpha value is -1.31. The lowest BCUT2D eigenvalue weighted by atomic mass is 10.1. The molecule has 0 atom stereocenters. The zero-order valence-corrected chi connectivity index (χ0v) is 9.63. The number of nitrogens with zero attached hydrogens (tertiary/aromatic N) is 2. The Balaban J connectivity index is 0.000000461. The van der Waals surface area contributed by atoms with Crippen LogP contribution in [0, 0.1) is 13.8 Å². The molecule has 0 spiro atoms. The number of hydrogen-bond donors (Lipinski definition) is 0. The molecule has 0 unspecified atom stereocenters. The van der Waals surface area contributed by atoms with E-state index in [1.54, 1.807) is 0 Å². The molecule has 0 aliphatic heterocycles. The van der Waals surface area contributed by atoms with Crippen LogP contribution in [0.1, 0.15) is 25.0 Å². The number of rotatable bonds is 0. The maximum atomic E-state index is 4.33. The van der Waals surface area contributed by atoms with E-state index in [9.17, 15) is 0 Å². The zero-order chi connectivity index (χ0) is 10.7. The Morgan fingerprint density at radius 1 is 1.14 bits per heavy atom. The van der Waals surface area contributed by atoms with E-state index in [0.717, 1.165) is 5.52 Å². The van der Waals surface area contributed by atoms with E-state index in [4.69, 9.17) is 0 Å². The summed E-state index contributed by atoms with van der Waals surface area (Å²) in [6, 6.07) is 4.18. The molecular weight excluding hydrogens is 172 g/mol. The highest BCUT2D eigenvalue weighted by Gasteiger charge is 2.02. The molecule has 1 aromatic heterocycles. The molecule has 0 saturated carbocycles. The van der Waals surface area contributed by atoms with Gasteiger partial charge in [0.25, 0.3) is 0 Å². The van der Waals surface area contributed by atoms with Crippen molar-refractivity contribution in [3.8, 4) is 0 Å². The maximum absolute atomic E-state index is 4.33. The molecule has 14 heavy (non-hydrogen) atoms. The van der Waals surface area contributed by atoms with Crippen molar-refractivity contribution in [1.82, 2.24) is 9.78 Å². The first-order valence-electron chi connectivity index (χ1n) is 5.08. The molecule has 0 amide bonds. The van der Waals surface area contributed by atoms with E-state index < -0.39 is 0 Å². The maximum Gasteiger partial charge on any atom is 0.0926 e. The van der Waals surface area contributed by atoms with Crippen LogP contribution in [0.3, 0.4) is 0 Å². The number of aryl methyl sites for hydroxylation is 3. The lowest BCUT2D eigenvalue weighted by Gasteiger charge is -1.98. The van der Waals surface area contributed by atoms with Crippen molar-refractivity contribution in [3.05, 3.63) is 29.5 Å². The second kappa shape index (κ2) is 4.27. The molecule has 2 aromatic rings. The summed E-state index contributed by atoms with van der Waals surface area (Å²) in [5.74, 6) is 0. The molecule has 2 rings (SSSR count). The summed E-state index contributed by atoms with van der Waals surface area (Å²) < 4.78 is 1.86. The van der Waals surface area contributed by atoms with Crippen LogP contribution in [-0.4, -0.2) is 9.78 Å². The van der Waals surface area contributed by atoms with Crippen LogP contribution < -0.4 is 0 Å². The molecule has 1 aromatic carbocycles. The third kappa shape index (κ3) is 1.79. The van der Waals surface area contributed by atoms with Gasteiger partial charge in [0, 0.05) is 18.6 Å². The molecule has 76 valence electrons. The Bertz CT molecular complexity index is 427. The second-order valence-corrected chi connectivity index (χ2v) is 3.24. The predicted molar refractivity (Wildman–Crippen MR) is 61.5 cm³/mol. The summed E-state index contributed by atoms with van der Waals surface area (Å²) in [4.78, 5) is 0. The van der Waals surface area contributed by atoms with Crippen LogP contribution >= 0.6 is 0 Å². The minimum absolute atomic E-state index is 1.08. The van der Waals surface area contributed by atoms with E-state index in [1.165, 1.54) is 16.5 Å². The Morgan fingerprint density at radius 2 is 1.79 bits per heavy atom. The second-order valence-electron chi connectivity index (χ2n) is 3.24. The Morgan fingerprint density at radius 3 is 2.43 bits per heavy atom. The summed E-state index contributed by atoms with van der Waals surface area (Å²) in [5.41, 5.74) is 3.75. The van der Waals surface area contributed by atoms with Gasteiger partial charge < -0.3 is 0 Å². The first-order valence-corrected chi connectivity index (χ1v) is 5.08. The highest BCUT2D eigenvalue weighted by Crippen LogP contribution is 2.19. The third-order valence-electron chi connectivity index (χ3n) is 2.34. The molecule has 2 heteroatoms. The minimum Gasteiger partial charge on any atom is -0.275 e. The van der Waals surface area contributed by atoms with Gasteiger partial charge in [0.1, 0.15) is 0 Å². The van der Waals surface area contributed by atoms with E-state index in [-0.39, 0.29) is 0 Å². The summed E-state index contributed by atoms with van der Waals surface area (Å²) in [5, 5.41) is 5.59. The van der Waals surface area contributed by atoms with Gasteiger partial charge in [-0.2, -0.15) is 5.10 Å². The fourth-order valence-corrected chi connectivity index (χ4v) is 1.46. The van der Waals surface area contributed by atoms with Crippen molar-refractivity contribution >= 4 is 10.9 Å². The Kier molecular flexibility index (Phi) is 3.28. The lowest BCUT2D eigenvalue weighted by Crippen LogP contribution is -1.84. The highest BCUT2D eigenvalue weighted by atomic mass is 15.2. The van der Waals surface area contributed by atoms with E-state index in [2.05, 4.69) is 37.3 Å². The van der Waals surface area contributed by atoms with Gasteiger partial charge in [-0.1, -0.05) is 19.9 Å². The smallest absolute Gasteiger partial charge is 0.0926 e. The predicted octanol–water partition coefficient (Wildman–Crippen LogP) is 3.22. The van der Waals surface area contributed by atoms with Crippen molar-refractivity contribution < 1.29 is 0 Å². The normalized spacial score (nSPS) is 9.79. The summed E-state index contributed by atoms with van der Waals surface area (Å²) in [6.45, 7) is 8.26. The van der Waals surface area contributed by atoms with E-state index in [0.29, 0.717) is 0 Å². The highest BCUT2D eigenvalue weighted by molar-refractivity contribution is 5.82. The molecule has 0 radical (unpaired) electrons. The third-order valence-corrected chi connectivity index (χ3v) is 2.34. The quantitative estimate of drug-likeness (QED) is 0.623. The molecular formula is C12H18N2.